The number of nitrogens with zero attached hydrogens (tertiary/aromatic N) is 1. The Labute approximate surface area is 193 Å². The molecule has 0 fully saturated rings. The van der Waals surface area contributed by atoms with Crippen molar-refractivity contribution in [1.29, 1.82) is 0 Å². The number of rotatable bonds is 7. The van der Waals surface area contributed by atoms with Crippen molar-refractivity contribution in [1.82, 2.24) is 10.7 Å². The molecule has 2 N–H and O–H groups in total. The Balaban J connectivity index is 1.45. The average molecular weight is 494 g/mol. The molecule has 0 aromatic heterocycles. The fraction of sp³-hybridized carbons (Fsp3) is 0.0833. The van der Waals surface area contributed by atoms with Crippen LogP contribution in [-0.2, 0) is 4.79 Å². The number of benzene rings is 3. The second kappa shape index (κ2) is 11.0. The van der Waals surface area contributed by atoms with Crippen LogP contribution in [0.25, 0.3) is 0 Å². The van der Waals surface area contributed by atoms with Crippen molar-refractivity contribution in [3.05, 3.63) is 99.5 Å². The van der Waals surface area contributed by atoms with E-state index < -0.39 is 11.9 Å². The van der Waals surface area contributed by atoms with E-state index in [4.69, 9.17) is 4.74 Å². The Morgan fingerprint density at radius 2 is 1.66 bits per heavy atom. The average Bonchev–Trinajstić information content (AvgIpc) is 2.79. The maximum atomic E-state index is 12.1. The number of esters is 1. The fourth-order valence-electron chi connectivity index (χ4n) is 2.68. The van der Waals surface area contributed by atoms with Crippen LogP contribution in [0.5, 0.6) is 5.75 Å². The highest BCUT2D eigenvalue weighted by Crippen LogP contribution is 2.15. The molecule has 3 rings (SSSR count). The highest BCUT2D eigenvalue weighted by atomic mass is 79.9. The first-order valence-corrected chi connectivity index (χ1v) is 10.5. The normalized spacial score (nSPS) is 10.6. The van der Waals surface area contributed by atoms with E-state index in [1.54, 1.807) is 60.7 Å². The predicted octanol–water partition coefficient (Wildman–Crippen LogP) is 3.86. The van der Waals surface area contributed by atoms with Gasteiger partial charge in [0.1, 0.15) is 5.75 Å². The summed E-state index contributed by atoms with van der Waals surface area (Å²) >= 11 is 3.32. The molecule has 0 aliphatic carbocycles. The molecule has 0 bridgehead atoms. The van der Waals surface area contributed by atoms with Crippen LogP contribution in [0.15, 0.2) is 82.4 Å². The standard InChI is InChI=1S/C24H20BrN3O4/c1-16-4-2-3-5-21(16)23(30)26-15-22(29)28-27-14-17-6-12-20(13-7-17)32-24(31)18-8-10-19(25)11-9-18/h2-14H,15H2,1H3,(H,26,30)(H,28,29)/b27-14-. The van der Waals surface area contributed by atoms with E-state index in [1.165, 1.54) is 6.21 Å². The van der Waals surface area contributed by atoms with Gasteiger partial charge in [-0.15, -0.1) is 0 Å². The number of ether oxygens (including phenoxy) is 1. The molecule has 3 aromatic carbocycles. The summed E-state index contributed by atoms with van der Waals surface area (Å²) in [4.78, 5) is 36.1. The van der Waals surface area contributed by atoms with Crippen molar-refractivity contribution in [2.75, 3.05) is 6.54 Å². The predicted molar refractivity (Wildman–Crippen MR) is 125 cm³/mol. The van der Waals surface area contributed by atoms with Crippen molar-refractivity contribution >= 4 is 39.9 Å². The number of nitrogens with one attached hydrogen (secondary N) is 2. The summed E-state index contributed by atoms with van der Waals surface area (Å²) in [5, 5.41) is 6.42. The monoisotopic (exact) mass is 493 g/mol. The summed E-state index contributed by atoms with van der Waals surface area (Å²) < 4.78 is 6.20. The van der Waals surface area contributed by atoms with Crippen molar-refractivity contribution in [3.63, 3.8) is 0 Å². The number of hydrogen-bond donors (Lipinski definition) is 2. The van der Waals surface area contributed by atoms with Gasteiger partial charge in [-0.05, 0) is 72.6 Å². The van der Waals surface area contributed by atoms with Gasteiger partial charge in [0.15, 0.2) is 0 Å². The molecular formula is C24H20BrN3O4. The van der Waals surface area contributed by atoms with Crippen molar-refractivity contribution in [2.45, 2.75) is 6.92 Å². The molecule has 0 unspecified atom stereocenters. The maximum Gasteiger partial charge on any atom is 0.343 e. The molecule has 0 spiro atoms. The van der Waals surface area contributed by atoms with Gasteiger partial charge in [0, 0.05) is 10.0 Å². The van der Waals surface area contributed by atoms with E-state index in [0.717, 1.165) is 10.0 Å². The SMILES string of the molecule is Cc1ccccc1C(=O)NCC(=O)N/N=C\c1ccc(OC(=O)c2ccc(Br)cc2)cc1. The summed E-state index contributed by atoms with van der Waals surface area (Å²) in [7, 11) is 0. The van der Waals surface area contributed by atoms with Crippen LogP contribution >= 0.6 is 15.9 Å². The van der Waals surface area contributed by atoms with Crippen LogP contribution in [0.4, 0.5) is 0 Å². The zero-order valence-corrected chi connectivity index (χ0v) is 18.8. The van der Waals surface area contributed by atoms with E-state index >= 15 is 0 Å². The zero-order chi connectivity index (χ0) is 22.9. The van der Waals surface area contributed by atoms with Gasteiger partial charge in [-0.1, -0.05) is 34.1 Å². The minimum absolute atomic E-state index is 0.199. The zero-order valence-electron chi connectivity index (χ0n) is 17.2. The number of aryl methyl sites for hydroxylation is 1. The van der Waals surface area contributed by atoms with Crippen LogP contribution in [-0.4, -0.2) is 30.5 Å². The summed E-state index contributed by atoms with van der Waals surface area (Å²) in [6.07, 6.45) is 1.45. The van der Waals surface area contributed by atoms with Gasteiger partial charge in [-0.2, -0.15) is 5.10 Å². The van der Waals surface area contributed by atoms with Gasteiger partial charge in [-0.25, -0.2) is 10.2 Å². The first-order chi connectivity index (χ1) is 15.4. The molecule has 0 atom stereocenters. The van der Waals surface area contributed by atoms with Crippen LogP contribution in [0.2, 0.25) is 0 Å². The maximum absolute atomic E-state index is 12.1. The highest BCUT2D eigenvalue weighted by molar-refractivity contribution is 9.10. The lowest BCUT2D eigenvalue weighted by atomic mass is 10.1. The lowest BCUT2D eigenvalue weighted by molar-refractivity contribution is -0.120. The van der Waals surface area contributed by atoms with Gasteiger partial charge in [0.2, 0.25) is 0 Å². The number of carbonyl (C=O) groups excluding carboxylic acids is 3. The number of hydrogen-bond acceptors (Lipinski definition) is 5. The van der Waals surface area contributed by atoms with Crippen LogP contribution in [0, 0.1) is 6.92 Å². The molecule has 0 aliphatic rings. The quantitative estimate of drug-likeness (QED) is 0.226. The molecule has 2 amide bonds. The van der Waals surface area contributed by atoms with E-state index in [2.05, 4.69) is 31.8 Å². The Morgan fingerprint density at radius 3 is 2.34 bits per heavy atom. The molecule has 32 heavy (non-hydrogen) atoms. The minimum Gasteiger partial charge on any atom is -0.423 e. The Morgan fingerprint density at radius 1 is 0.969 bits per heavy atom. The minimum atomic E-state index is -0.459. The van der Waals surface area contributed by atoms with Gasteiger partial charge in [-0.3, -0.25) is 9.59 Å². The summed E-state index contributed by atoms with van der Waals surface area (Å²) in [6.45, 7) is 1.63. The smallest absolute Gasteiger partial charge is 0.343 e. The Kier molecular flexibility index (Phi) is 7.88. The Hall–Kier alpha value is -3.78. The molecular weight excluding hydrogens is 474 g/mol. The van der Waals surface area contributed by atoms with Gasteiger partial charge in [0.05, 0.1) is 18.3 Å². The molecule has 8 heteroatoms. The molecule has 3 aromatic rings. The second-order valence-corrected chi connectivity index (χ2v) is 7.67. The van der Waals surface area contributed by atoms with Crippen molar-refractivity contribution in [3.8, 4) is 5.75 Å². The number of halogens is 1. The third kappa shape index (κ3) is 6.61. The summed E-state index contributed by atoms with van der Waals surface area (Å²) in [6, 6.07) is 20.6. The first kappa shape index (κ1) is 22.9. The van der Waals surface area contributed by atoms with E-state index in [1.807, 2.05) is 19.1 Å². The lowest BCUT2D eigenvalue weighted by Crippen LogP contribution is -2.35. The summed E-state index contributed by atoms with van der Waals surface area (Å²) in [5.74, 6) is -0.851. The van der Waals surface area contributed by atoms with Gasteiger partial charge in [0.25, 0.3) is 11.8 Å². The van der Waals surface area contributed by atoms with Crippen LogP contribution in [0.1, 0.15) is 31.8 Å². The number of hydrazone groups is 1. The first-order valence-electron chi connectivity index (χ1n) is 9.66. The van der Waals surface area contributed by atoms with E-state index in [0.29, 0.717) is 22.4 Å². The highest BCUT2D eigenvalue weighted by Gasteiger charge is 2.10. The number of carbonyl (C=O) groups is 3. The number of amides is 2. The second-order valence-electron chi connectivity index (χ2n) is 6.76. The van der Waals surface area contributed by atoms with Crippen molar-refractivity contribution < 1.29 is 19.1 Å². The fourth-order valence-corrected chi connectivity index (χ4v) is 2.94. The third-order valence-electron chi connectivity index (χ3n) is 4.37. The largest absolute Gasteiger partial charge is 0.423 e. The van der Waals surface area contributed by atoms with Crippen LogP contribution < -0.4 is 15.5 Å². The summed E-state index contributed by atoms with van der Waals surface area (Å²) in [5.41, 5.74) is 4.83. The van der Waals surface area contributed by atoms with E-state index in [9.17, 15) is 14.4 Å². The molecule has 0 saturated carbocycles. The molecule has 0 heterocycles. The molecule has 162 valence electrons. The van der Waals surface area contributed by atoms with Crippen molar-refractivity contribution in [2.24, 2.45) is 5.10 Å². The molecule has 7 nitrogen and oxygen atoms in total. The molecule has 0 radical (unpaired) electrons. The third-order valence-corrected chi connectivity index (χ3v) is 4.90. The van der Waals surface area contributed by atoms with Gasteiger partial charge < -0.3 is 10.1 Å². The molecule has 0 aliphatic heterocycles. The topological polar surface area (TPSA) is 96.9 Å². The van der Waals surface area contributed by atoms with Crippen LogP contribution in [0.3, 0.4) is 0 Å². The Bertz CT molecular complexity index is 1140. The van der Waals surface area contributed by atoms with Gasteiger partial charge >= 0.3 is 5.97 Å². The molecule has 0 saturated heterocycles. The lowest BCUT2D eigenvalue weighted by Gasteiger charge is -2.06. The van der Waals surface area contributed by atoms with E-state index in [-0.39, 0.29) is 12.5 Å².